The molecule has 0 aliphatic carbocycles. The van der Waals surface area contributed by atoms with Gasteiger partial charge in [0, 0.05) is 11.1 Å². The van der Waals surface area contributed by atoms with Crippen LogP contribution in [0.3, 0.4) is 0 Å². The molecule has 0 fully saturated rings. The number of aromatic hydroxyl groups is 1. The topological polar surface area (TPSA) is 94.8 Å². The Morgan fingerprint density at radius 1 is 0.909 bits per heavy atom. The second-order valence-electron chi connectivity index (χ2n) is 4.21. The molecule has 1 aromatic rings. The summed E-state index contributed by atoms with van der Waals surface area (Å²) < 4.78 is 0. The smallest absolute Gasteiger partial charge is 0.330 e. The van der Waals surface area contributed by atoms with E-state index in [1.807, 2.05) is 6.07 Å². The molecule has 0 heterocycles. The number of phenols is 1. The Labute approximate surface area is 132 Å². The van der Waals surface area contributed by atoms with E-state index in [4.69, 9.17) is 15.3 Å². The Hall–Kier alpha value is -2.56. The zero-order valence-electron chi connectivity index (χ0n) is 13.7. The average molecular weight is 310 g/mol. The molecule has 22 heavy (non-hydrogen) atoms. The van der Waals surface area contributed by atoms with Crippen LogP contribution >= 0.6 is 0 Å². The highest BCUT2D eigenvalue weighted by Crippen LogP contribution is 2.02. The number of hydrogen-bond acceptors (Lipinski definition) is 3. The second-order valence-corrected chi connectivity index (χ2v) is 4.21. The molecule has 0 atom stereocenters. The molecule has 5 heteroatoms. The normalized spacial score (nSPS) is 7.64. The molecule has 0 aromatic heterocycles. The molecule has 0 amide bonds. The Morgan fingerprint density at radius 2 is 1.14 bits per heavy atom. The minimum Gasteiger partial charge on any atom is -0.508 e. The van der Waals surface area contributed by atoms with Crippen molar-refractivity contribution in [1.29, 1.82) is 0 Å². The minimum atomic E-state index is -0.935. The molecule has 5 nitrogen and oxygen atoms in total. The van der Waals surface area contributed by atoms with Gasteiger partial charge in [0.2, 0.25) is 0 Å². The van der Waals surface area contributed by atoms with Crippen LogP contribution in [0.4, 0.5) is 0 Å². The third-order valence-corrected chi connectivity index (χ3v) is 1.49. The lowest BCUT2D eigenvalue weighted by Gasteiger charge is -1.82. The van der Waals surface area contributed by atoms with Gasteiger partial charge in [-0.15, -0.1) is 0 Å². The molecule has 0 aliphatic heterocycles. The molecule has 0 bridgehead atoms. The fraction of sp³-hybridized carbons (Fsp3) is 0.294. The number of hydrogen-bond donors (Lipinski definition) is 3. The van der Waals surface area contributed by atoms with Crippen molar-refractivity contribution in [3.63, 3.8) is 0 Å². The van der Waals surface area contributed by atoms with Gasteiger partial charge in [-0.25, -0.2) is 9.59 Å². The lowest BCUT2D eigenvalue weighted by atomic mass is 10.3. The van der Waals surface area contributed by atoms with E-state index >= 15 is 0 Å². The second kappa shape index (κ2) is 16.5. The van der Waals surface area contributed by atoms with E-state index in [-0.39, 0.29) is 11.1 Å². The molecular weight excluding hydrogens is 284 g/mol. The highest BCUT2D eigenvalue weighted by Gasteiger charge is 1.90. The van der Waals surface area contributed by atoms with Crippen LogP contribution < -0.4 is 0 Å². The highest BCUT2D eigenvalue weighted by atomic mass is 16.4. The van der Waals surface area contributed by atoms with E-state index in [1.54, 1.807) is 24.3 Å². The number of benzene rings is 1. The number of rotatable bonds is 2. The van der Waals surface area contributed by atoms with E-state index in [2.05, 4.69) is 27.0 Å². The molecular formula is C17H26O5. The Morgan fingerprint density at radius 3 is 1.23 bits per heavy atom. The number of aliphatic carboxylic acids is 2. The van der Waals surface area contributed by atoms with E-state index in [0.29, 0.717) is 5.75 Å². The molecule has 3 N–H and O–H groups in total. The van der Waals surface area contributed by atoms with Crippen LogP contribution in [-0.2, 0) is 9.59 Å². The molecule has 124 valence electrons. The zero-order valence-corrected chi connectivity index (χ0v) is 13.7. The average Bonchev–Trinajstić information content (AvgIpc) is 2.41. The van der Waals surface area contributed by atoms with Gasteiger partial charge in [0.15, 0.2) is 0 Å². The summed E-state index contributed by atoms with van der Waals surface area (Å²) in [5, 5.41) is 24.4. The third kappa shape index (κ3) is 26.1. The first kappa shape index (κ1) is 24.5. The fourth-order valence-corrected chi connectivity index (χ4v) is 0.428. The van der Waals surface area contributed by atoms with E-state index in [0.717, 1.165) is 0 Å². The molecule has 1 aromatic carbocycles. The van der Waals surface area contributed by atoms with Gasteiger partial charge in [-0.05, 0) is 26.0 Å². The fourth-order valence-electron chi connectivity index (χ4n) is 0.428. The van der Waals surface area contributed by atoms with Crippen LogP contribution in [-0.4, -0.2) is 27.3 Å². The maximum Gasteiger partial charge on any atom is 0.330 e. The number of phenolic OH excluding ortho intramolecular Hbond substituents is 1. The van der Waals surface area contributed by atoms with Gasteiger partial charge in [0.1, 0.15) is 5.75 Å². The van der Waals surface area contributed by atoms with Crippen molar-refractivity contribution in [2.24, 2.45) is 0 Å². The first-order valence-electron chi connectivity index (χ1n) is 6.61. The van der Waals surface area contributed by atoms with Gasteiger partial charge in [0.05, 0.1) is 0 Å². The summed E-state index contributed by atoms with van der Waals surface area (Å²) in [6, 6.07) is 8.71. The molecule has 0 saturated carbocycles. The van der Waals surface area contributed by atoms with Crippen LogP contribution in [0.2, 0.25) is 0 Å². The molecule has 1 rings (SSSR count). The SMILES string of the molecule is C=C(C)C(=O)O.C=C(C)C(=O)O.CCC.Oc1ccccc1. The monoisotopic (exact) mass is 310 g/mol. The largest absolute Gasteiger partial charge is 0.508 e. The maximum absolute atomic E-state index is 9.60. The third-order valence-electron chi connectivity index (χ3n) is 1.49. The standard InChI is InChI=1S/C6H6O.2C4H6O2.C3H8/c7-6-4-2-1-3-5-6;2*1-3(2)4(5)6;1-3-2/h1-5,7H;2*1H2,2H3,(H,5,6);3H2,1-2H3. The van der Waals surface area contributed by atoms with Gasteiger partial charge in [0.25, 0.3) is 0 Å². The van der Waals surface area contributed by atoms with Crippen LogP contribution in [0, 0.1) is 0 Å². The van der Waals surface area contributed by atoms with Crippen molar-refractivity contribution in [1.82, 2.24) is 0 Å². The number of para-hydroxylation sites is 1. The number of carbonyl (C=O) groups is 2. The van der Waals surface area contributed by atoms with Crippen LogP contribution in [0.25, 0.3) is 0 Å². The quantitative estimate of drug-likeness (QED) is 0.715. The van der Waals surface area contributed by atoms with Crippen LogP contribution in [0.1, 0.15) is 34.1 Å². The summed E-state index contributed by atoms with van der Waals surface area (Å²) in [4.78, 5) is 19.2. The lowest BCUT2D eigenvalue weighted by molar-refractivity contribution is -0.133. The molecule has 0 spiro atoms. The molecule has 0 aliphatic rings. The van der Waals surface area contributed by atoms with Crippen molar-refractivity contribution in [2.75, 3.05) is 0 Å². The van der Waals surface area contributed by atoms with Crippen molar-refractivity contribution >= 4 is 11.9 Å². The van der Waals surface area contributed by atoms with E-state index < -0.39 is 11.9 Å². The van der Waals surface area contributed by atoms with Crippen molar-refractivity contribution in [2.45, 2.75) is 34.1 Å². The highest BCUT2D eigenvalue weighted by molar-refractivity contribution is 5.85. The maximum atomic E-state index is 9.60. The summed E-state index contributed by atoms with van der Waals surface area (Å²) in [6.45, 7) is 13.5. The van der Waals surface area contributed by atoms with Crippen molar-refractivity contribution in [3.05, 3.63) is 54.6 Å². The van der Waals surface area contributed by atoms with E-state index in [1.165, 1.54) is 20.3 Å². The van der Waals surface area contributed by atoms with Gasteiger partial charge in [-0.1, -0.05) is 51.6 Å². The summed E-state index contributed by atoms with van der Waals surface area (Å²) >= 11 is 0. The van der Waals surface area contributed by atoms with Gasteiger partial charge in [-0.2, -0.15) is 0 Å². The number of carboxylic acid groups (broad SMARTS) is 2. The van der Waals surface area contributed by atoms with Crippen LogP contribution in [0.5, 0.6) is 5.75 Å². The Balaban J connectivity index is -0.000000227. The summed E-state index contributed by atoms with van der Waals surface area (Å²) in [5.41, 5.74) is 0.352. The summed E-state index contributed by atoms with van der Waals surface area (Å²) in [6.07, 6.45) is 1.25. The summed E-state index contributed by atoms with van der Waals surface area (Å²) in [7, 11) is 0. The van der Waals surface area contributed by atoms with Gasteiger partial charge >= 0.3 is 11.9 Å². The van der Waals surface area contributed by atoms with E-state index in [9.17, 15) is 9.59 Å². The van der Waals surface area contributed by atoms with Crippen molar-refractivity contribution < 1.29 is 24.9 Å². The summed E-state index contributed by atoms with van der Waals surface area (Å²) in [5.74, 6) is -1.55. The van der Waals surface area contributed by atoms with Crippen LogP contribution in [0.15, 0.2) is 54.6 Å². The Kier molecular flexibility index (Phi) is 18.3. The van der Waals surface area contributed by atoms with Crippen molar-refractivity contribution in [3.8, 4) is 5.75 Å². The lowest BCUT2D eigenvalue weighted by Crippen LogP contribution is -1.92. The Bertz CT molecular complexity index is 401. The predicted molar refractivity (Wildman–Crippen MR) is 89.0 cm³/mol. The first-order valence-corrected chi connectivity index (χ1v) is 6.61. The molecule has 0 unspecified atom stereocenters. The molecule has 0 radical (unpaired) electrons. The van der Waals surface area contributed by atoms with Gasteiger partial charge < -0.3 is 15.3 Å². The van der Waals surface area contributed by atoms with Gasteiger partial charge in [-0.3, -0.25) is 0 Å². The first-order chi connectivity index (χ1) is 10.1. The minimum absolute atomic E-state index is 0.176. The zero-order chi connectivity index (χ0) is 18.1. The predicted octanol–water partition coefficient (Wildman–Crippen LogP) is 4.10. The number of carboxylic acids is 2. The molecule has 0 saturated heterocycles.